The summed E-state index contributed by atoms with van der Waals surface area (Å²) in [6, 6.07) is 13.9. The van der Waals surface area contributed by atoms with E-state index in [-0.39, 0.29) is 18.0 Å². The average Bonchev–Trinajstić information content (AvgIpc) is 2.90. The first kappa shape index (κ1) is 13.6. The number of hydrogen-bond donors (Lipinski definition) is 0. The van der Waals surface area contributed by atoms with Crippen LogP contribution in [0.1, 0.15) is 11.1 Å². The van der Waals surface area contributed by atoms with E-state index in [1.807, 2.05) is 28.8 Å². The maximum absolute atomic E-state index is 11.0. The summed E-state index contributed by atoms with van der Waals surface area (Å²) in [7, 11) is 0. The van der Waals surface area contributed by atoms with Gasteiger partial charge in [-0.05, 0) is 18.2 Å². The number of hydrogen-bond acceptors (Lipinski definition) is 4. The Balaban J connectivity index is 1.92. The maximum atomic E-state index is 11.0. The molecule has 2 aromatic heterocycles. The quantitative estimate of drug-likeness (QED) is 0.546. The highest BCUT2D eigenvalue weighted by atomic mass is 16.6. The Bertz CT molecular complexity index is 893. The molecule has 3 rings (SSSR count). The zero-order valence-electron chi connectivity index (χ0n) is 11.5. The van der Waals surface area contributed by atoms with Gasteiger partial charge in [-0.3, -0.25) is 10.1 Å². The van der Waals surface area contributed by atoms with Gasteiger partial charge in [0.1, 0.15) is 12.7 Å². The van der Waals surface area contributed by atoms with Gasteiger partial charge in [0, 0.05) is 24.0 Å². The van der Waals surface area contributed by atoms with Crippen LogP contribution in [0.4, 0.5) is 5.69 Å². The number of benzene rings is 1. The minimum Gasteiger partial charge on any atom is -0.482 e. The van der Waals surface area contributed by atoms with E-state index >= 15 is 0 Å². The van der Waals surface area contributed by atoms with Crippen molar-refractivity contribution >= 4 is 11.2 Å². The summed E-state index contributed by atoms with van der Waals surface area (Å²) < 4.78 is 7.38. The molecule has 0 spiro atoms. The van der Waals surface area contributed by atoms with Crippen LogP contribution in [0.15, 0.2) is 54.9 Å². The lowest BCUT2D eigenvalue weighted by atomic mass is 10.2. The van der Waals surface area contributed by atoms with Crippen molar-refractivity contribution in [3.63, 3.8) is 0 Å². The first-order valence-electron chi connectivity index (χ1n) is 6.55. The third-order valence-corrected chi connectivity index (χ3v) is 3.32. The smallest absolute Gasteiger partial charge is 0.310 e. The lowest BCUT2D eigenvalue weighted by Gasteiger charge is -2.05. The average molecular weight is 293 g/mol. The first-order valence-corrected chi connectivity index (χ1v) is 6.55. The van der Waals surface area contributed by atoms with Crippen LogP contribution in [0, 0.1) is 21.4 Å². The lowest BCUT2D eigenvalue weighted by Crippen LogP contribution is -1.99. The predicted molar refractivity (Wildman–Crippen MR) is 79.5 cm³/mol. The van der Waals surface area contributed by atoms with E-state index in [0.717, 1.165) is 5.52 Å². The second-order valence-electron chi connectivity index (χ2n) is 4.65. The number of pyridine rings is 1. The van der Waals surface area contributed by atoms with E-state index in [1.54, 1.807) is 24.4 Å². The summed E-state index contributed by atoms with van der Waals surface area (Å²) in [5.41, 5.74) is 1.89. The number of ether oxygens (including phenoxy) is 1. The number of aromatic nitrogens is 1. The minimum absolute atomic E-state index is 0.0927. The highest BCUT2D eigenvalue weighted by Gasteiger charge is 2.16. The summed E-state index contributed by atoms with van der Waals surface area (Å²) in [6.45, 7) is 0.0927. The topological polar surface area (TPSA) is 80.6 Å². The molecule has 0 aliphatic carbocycles. The van der Waals surface area contributed by atoms with E-state index in [9.17, 15) is 15.4 Å². The Hall–Kier alpha value is -3.33. The van der Waals surface area contributed by atoms with Gasteiger partial charge in [0.05, 0.1) is 16.0 Å². The van der Waals surface area contributed by atoms with E-state index in [0.29, 0.717) is 11.1 Å². The molecule has 0 N–H and O–H groups in total. The number of nitro benzene ring substituents is 1. The molecule has 2 heterocycles. The highest BCUT2D eigenvalue weighted by Crippen LogP contribution is 2.27. The molecule has 0 aliphatic heterocycles. The van der Waals surface area contributed by atoms with E-state index < -0.39 is 4.92 Å². The summed E-state index contributed by atoms with van der Waals surface area (Å²) in [4.78, 5) is 10.5. The van der Waals surface area contributed by atoms with Crippen LogP contribution in [0.25, 0.3) is 5.52 Å². The van der Waals surface area contributed by atoms with Crippen LogP contribution in [-0.4, -0.2) is 9.32 Å². The number of nitro groups is 1. The molecule has 0 bridgehead atoms. The summed E-state index contributed by atoms with van der Waals surface area (Å²) in [6.07, 6.45) is 3.63. The number of nitrogens with zero attached hydrogens (tertiary/aromatic N) is 3. The molecule has 3 aromatic rings. The fraction of sp³-hybridized carbons (Fsp3) is 0.0625. The van der Waals surface area contributed by atoms with Crippen LogP contribution < -0.4 is 4.74 Å². The van der Waals surface area contributed by atoms with Crippen molar-refractivity contribution in [1.82, 2.24) is 4.40 Å². The molecular formula is C16H11N3O3. The molecule has 0 saturated carbocycles. The molecule has 6 heteroatoms. The first-order chi connectivity index (χ1) is 10.7. The van der Waals surface area contributed by atoms with Gasteiger partial charge in [-0.2, -0.15) is 5.26 Å². The Morgan fingerprint density at radius 3 is 2.77 bits per heavy atom. The molecule has 1 aromatic carbocycles. The molecule has 0 atom stereocenters. The molecular weight excluding hydrogens is 282 g/mol. The third-order valence-electron chi connectivity index (χ3n) is 3.32. The zero-order valence-corrected chi connectivity index (χ0v) is 11.5. The van der Waals surface area contributed by atoms with Gasteiger partial charge in [0.25, 0.3) is 0 Å². The van der Waals surface area contributed by atoms with Crippen LogP contribution in [0.3, 0.4) is 0 Å². The summed E-state index contributed by atoms with van der Waals surface area (Å²) in [5.74, 6) is 0.187. The Morgan fingerprint density at radius 2 is 2.00 bits per heavy atom. The van der Waals surface area contributed by atoms with Gasteiger partial charge in [-0.1, -0.05) is 18.2 Å². The largest absolute Gasteiger partial charge is 0.482 e. The fourth-order valence-corrected chi connectivity index (χ4v) is 2.30. The van der Waals surface area contributed by atoms with Crippen LogP contribution in [0.2, 0.25) is 0 Å². The van der Waals surface area contributed by atoms with Crippen LogP contribution in [-0.2, 0) is 6.61 Å². The lowest BCUT2D eigenvalue weighted by molar-refractivity contribution is -0.385. The summed E-state index contributed by atoms with van der Waals surface area (Å²) in [5, 5.41) is 20.3. The van der Waals surface area contributed by atoms with Gasteiger partial charge in [-0.15, -0.1) is 0 Å². The predicted octanol–water partition coefficient (Wildman–Crippen LogP) is 3.30. The molecule has 0 radical (unpaired) electrons. The molecule has 0 amide bonds. The SMILES string of the molecule is N#Cc1c(COc2ccccc2[N+](=O)[O-])cn2ccccc12. The molecule has 0 unspecified atom stereocenters. The molecule has 0 fully saturated rings. The van der Waals surface area contributed by atoms with Crippen molar-refractivity contribution < 1.29 is 9.66 Å². The second-order valence-corrected chi connectivity index (χ2v) is 4.65. The third kappa shape index (κ3) is 2.36. The fourth-order valence-electron chi connectivity index (χ4n) is 2.30. The zero-order chi connectivity index (χ0) is 15.5. The van der Waals surface area contributed by atoms with Crippen LogP contribution in [0.5, 0.6) is 5.75 Å². The van der Waals surface area contributed by atoms with Crippen molar-refractivity contribution in [2.75, 3.05) is 0 Å². The normalized spacial score (nSPS) is 10.3. The second kappa shape index (κ2) is 5.58. The minimum atomic E-state index is -0.489. The monoisotopic (exact) mass is 293 g/mol. The standard InChI is InChI=1S/C16H11N3O3/c17-9-13-12(10-18-8-4-3-5-14(13)18)11-22-16-7-2-1-6-15(16)19(20)21/h1-8,10H,11H2. The molecule has 0 saturated heterocycles. The van der Waals surface area contributed by atoms with Crippen molar-refractivity contribution in [3.05, 3.63) is 76.1 Å². The summed E-state index contributed by atoms with van der Waals surface area (Å²) >= 11 is 0. The molecule has 22 heavy (non-hydrogen) atoms. The molecule has 0 aliphatic rings. The van der Waals surface area contributed by atoms with Gasteiger partial charge < -0.3 is 9.14 Å². The number of para-hydroxylation sites is 2. The number of fused-ring (bicyclic) bond motifs is 1. The Kier molecular flexibility index (Phi) is 3.46. The number of rotatable bonds is 4. The maximum Gasteiger partial charge on any atom is 0.310 e. The Morgan fingerprint density at radius 1 is 1.23 bits per heavy atom. The van der Waals surface area contributed by atoms with Gasteiger partial charge in [0.15, 0.2) is 5.75 Å². The van der Waals surface area contributed by atoms with Crippen LogP contribution >= 0.6 is 0 Å². The van der Waals surface area contributed by atoms with Gasteiger partial charge in [-0.25, -0.2) is 0 Å². The van der Waals surface area contributed by atoms with Crippen molar-refractivity contribution in [1.29, 1.82) is 5.26 Å². The van der Waals surface area contributed by atoms with Crippen molar-refractivity contribution in [2.45, 2.75) is 6.61 Å². The van der Waals surface area contributed by atoms with E-state index in [2.05, 4.69) is 6.07 Å². The van der Waals surface area contributed by atoms with E-state index in [1.165, 1.54) is 6.07 Å². The molecule has 108 valence electrons. The van der Waals surface area contributed by atoms with Crippen molar-refractivity contribution in [3.8, 4) is 11.8 Å². The highest BCUT2D eigenvalue weighted by molar-refractivity contribution is 5.65. The van der Waals surface area contributed by atoms with Gasteiger partial charge >= 0.3 is 5.69 Å². The van der Waals surface area contributed by atoms with Gasteiger partial charge in [0.2, 0.25) is 0 Å². The van der Waals surface area contributed by atoms with Crippen molar-refractivity contribution in [2.24, 2.45) is 0 Å². The number of nitriles is 1. The Labute approximate surface area is 125 Å². The van der Waals surface area contributed by atoms with E-state index in [4.69, 9.17) is 4.74 Å². The molecule has 6 nitrogen and oxygen atoms in total.